The molecule has 154 valence electrons. The maximum atomic E-state index is 13.6. The van der Waals surface area contributed by atoms with Gasteiger partial charge < -0.3 is 10.2 Å². The fraction of sp³-hybridized carbons (Fsp3) is 0.263. The van der Waals surface area contributed by atoms with Gasteiger partial charge in [-0.15, -0.1) is 0 Å². The Morgan fingerprint density at radius 3 is 2.77 bits per heavy atom. The molecule has 30 heavy (non-hydrogen) atoms. The van der Waals surface area contributed by atoms with Crippen molar-refractivity contribution in [3.05, 3.63) is 54.4 Å². The van der Waals surface area contributed by atoms with E-state index in [2.05, 4.69) is 21.4 Å². The number of likely N-dealkylation sites (tertiary alicyclic amines) is 1. The average molecular weight is 429 g/mol. The molecule has 1 saturated heterocycles. The Labute approximate surface area is 171 Å². The number of hydrogen-bond donors (Lipinski definition) is 1. The second kappa shape index (κ2) is 6.59. The molecule has 3 aliphatic rings. The standard InChI is InChI=1S/C19H16FN5O4S/c20-13-1-2-15-17(5-13)30(28,29)25(19(27)23-15)9-18(26)24-8-11-3-14(16(24)4-11)12-6-21-10-22-7-12/h1-3,5-7,10-11,16H,4,8-9H2,(H,23,27)/t11-,16-/m1/s1. The number of aromatic nitrogens is 2. The van der Waals surface area contributed by atoms with Crippen molar-refractivity contribution in [2.75, 3.05) is 18.4 Å². The first kappa shape index (κ1) is 18.7. The number of rotatable bonds is 3. The van der Waals surface area contributed by atoms with Crippen molar-refractivity contribution >= 4 is 33.2 Å². The number of urea groups is 1. The lowest BCUT2D eigenvalue weighted by Gasteiger charge is -2.32. The number of anilines is 1. The highest BCUT2D eigenvalue weighted by Crippen LogP contribution is 2.41. The van der Waals surface area contributed by atoms with Gasteiger partial charge in [-0.1, -0.05) is 6.08 Å². The summed E-state index contributed by atoms with van der Waals surface area (Å²) in [5, 5.41) is 2.40. The molecule has 1 aromatic heterocycles. The van der Waals surface area contributed by atoms with Gasteiger partial charge in [0.05, 0.1) is 11.7 Å². The molecule has 0 unspecified atom stereocenters. The number of nitrogens with zero attached hydrogens (tertiary/aromatic N) is 4. The van der Waals surface area contributed by atoms with Crippen LogP contribution in [0, 0.1) is 11.7 Å². The molecule has 2 aromatic rings. The number of sulfonamides is 1. The Morgan fingerprint density at radius 1 is 1.27 bits per heavy atom. The molecule has 1 fully saturated rings. The Morgan fingerprint density at radius 2 is 2.03 bits per heavy atom. The number of benzene rings is 1. The third kappa shape index (κ3) is 2.84. The summed E-state index contributed by atoms with van der Waals surface area (Å²) >= 11 is 0. The molecular formula is C19H16FN5O4S. The molecule has 1 aromatic carbocycles. The second-order valence-corrected chi connectivity index (χ2v) is 9.22. The zero-order valence-corrected chi connectivity index (χ0v) is 16.3. The molecule has 0 spiro atoms. The van der Waals surface area contributed by atoms with Crippen LogP contribution < -0.4 is 5.32 Å². The molecule has 3 heterocycles. The number of carbonyl (C=O) groups excluding carboxylic acids is 2. The Balaban J connectivity index is 1.40. The lowest BCUT2D eigenvalue weighted by Crippen LogP contribution is -2.50. The first-order valence-electron chi connectivity index (χ1n) is 9.24. The molecule has 0 radical (unpaired) electrons. The van der Waals surface area contributed by atoms with Crippen LogP contribution >= 0.6 is 0 Å². The summed E-state index contributed by atoms with van der Waals surface area (Å²) in [6.07, 6.45) is 7.55. The van der Waals surface area contributed by atoms with Crippen molar-refractivity contribution in [3.8, 4) is 0 Å². The number of nitrogens with one attached hydrogen (secondary N) is 1. The van der Waals surface area contributed by atoms with Gasteiger partial charge in [-0.25, -0.2) is 31.9 Å². The zero-order chi connectivity index (χ0) is 21.0. The molecular weight excluding hydrogens is 413 g/mol. The van der Waals surface area contributed by atoms with Crippen molar-refractivity contribution < 1.29 is 22.4 Å². The predicted molar refractivity (Wildman–Crippen MR) is 103 cm³/mol. The van der Waals surface area contributed by atoms with Gasteiger partial charge in [0.1, 0.15) is 23.6 Å². The molecule has 0 saturated carbocycles. The van der Waals surface area contributed by atoms with E-state index in [1.165, 1.54) is 12.4 Å². The number of carbonyl (C=O) groups is 2. The van der Waals surface area contributed by atoms with Gasteiger partial charge in [0, 0.05) is 24.5 Å². The van der Waals surface area contributed by atoms with Crippen LogP contribution in [0.2, 0.25) is 0 Å². The van der Waals surface area contributed by atoms with E-state index in [0.29, 0.717) is 10.8 Å². The van der Waals surface area contributed by atoms with E-state index in [9.17, 15) is 22.4 Å². The fourth-order valence-electron chi connectivity index (χ4n) is 4.25. The lowest BCUT2D eigenvalue weighted by molar-refractivity contribution is -0.131. The van der Waals surface area contributed by atoms with Crippen LogP contribution in [-0.4, -0.2) is 58.7 Å². The third-order valence-electron chi connectivity index (χ3n) is 5.58. The highest BCUT2D eigenvalue weighted by Gasteiger charge is 2.45. The molecule has 5 rings (SSSR count). The SMILES string of the molecule is O=C(CN1C(=O)Nc2ccc(F)cc2S1(=O)=O)N1C[C@@H]2C=C(c3cncnc3)[C@H]1C2. The van der Waals surface area contributed by atoms with Crippen LogP contribution in [0.4, 0.5) is 14.9 Å². The molecule has 2 atom stereocenters. The largest absolute Gasteiger partial charge is 0.336 e. The molecule has 9 nitrogen and oxygen atoms in total. The Hall–Kier alpha value is -3.34. The Bertz CT molecular complexity index is 1200. The highest BCUT2D eigenvalue weighted by molar-refractivity contribution is 7.90. The topological polar surface area (TPSA) is 113 Å². The zero-order valence-electron chi connectivity index (χ0n) is 15.5. The first-order chi connectivity index (χ1) is 14.3. The van der Waals surface area contributed by atoms with E-state index in [1.807, 2.05) is 0 Å². The van der Waals surface area contributed by atoms with Gasteiger partial charge in [-0.05, 0) is 36.1 Å². The van der Waals surface area contributed by atoms with E-state index < -0.39 is 34.3 Å². The van der Waals surface area contributed by atoms with Crippen LogP contribution in [0.15, 0.2) is 47.9 Å². The van der Waals surface area contributed by atoms with E-state index in [-0.39, 0.29) is 22.5 Å². The fourth-order valence-corrected chi connectivity index (χ4v) is 5.69. The number of amides is 3. The average Bonchev–Trinajstić information content (AvgIpc) is 3.34. The number of hydrogen-bond acceptors (Lipinski definition) is 6. The minimum atomic E-state index is -4.36. The van der Waals surface area contributed by atoms with Gasteiger partial charge in [-0.2, -0.15) is 0 Å². The van der Waals surface area contributed by atoms with E-state index in [0.717, 1.165) is 29.7 Å². The van der Waals surface area contributed by atoms with Crippen molar-refractivity contribution in [1.29, 1.82) is 0 Å². The van der Waals surface area contributed by atoms with Crippen molar-refractivity contribution in [2.45, 2.75) is 17.4 Å². The Kier molecular flexibility index (Phi) is 4.10. The molecule has 1 N–H and O–H groups in total. The summed E-state index contributed by atoms with van der Waals surface area (Å²) < 4.78 is 39.8. The summed E-state index contributed by atoms with van der Waals surface area (Å²) in [5.41, 5.74) is 1.70. The summed E-state index contributed by atoms with van der Waals surface area (Å²) in [6, 6.07) is 1.89. The van der Waals surface area contributed by atoms with Crippen molar-refractivity contribution in [1.82, 2.24) is 19.2 Å². The predicted octanol–water partition coefficient (Wildman–Crippen LogP) is 1.47. The van der Waals surface area contributed by atoms with E-state index in [4.69, 9.17) is 0 Å². The highest BCUT2D eigenvalue weighted by atomic mass is 32.2. The van der Waals surface area contributed by atoms with Crippen LogP contribution in [0.1, 0.15) is 12.0 Å². The van der Waals surface area contributed by atoms with Gasteiger partial charge in [0.2, 0.25) is 5.91 Å². The summed E-state index contributed by atoms with van der Waals surface area (Å²) in [6.45, 7) is -0.215. The van der Waals surface area contributed by atoms with Crippen LogP contribution in [0.5, 0.6) is 0 Å². The molecule has 2 aliphatic heterocycles. The summed E-state index contributed by atoms with van der Waals surface area (Å²) in [4.78, 5) is 34.6. The van der Waals surface area contributed by atoms with Crippen molar-refractivity contribution in [2.24, 2.45) is 5.92 Å². The maximum Gasteiger partial charge on any atom is 0.336 e. The minimum absolute atomic E-state index is 0.0142. The quantitative estimate of drug-likeness (QED) is 0.791. The van der Waals surface area contributed by atoms with Gasteiger partial charge >= 0.3 is 6.03 Å². The monoisotopic (exact) mass is 429 g/mol. The van der Waals surface area contributed by atoms with Crippen LogP contribution in [0.3, 0.4) is 0 Å². The first-order valence-corrected chi connectivity index (χ1v) is 10.7. The third-order valence-corrected chi connectivity index (χ3v) is 7.35. The molecule has 1 aliphatic carbocycles. The number of halogens is 1. The lowest BCUT2D eigenvalue weighted by atomic mass is 10.0. The van der Waals surface area contributed by atoms with Crippen LogP contribution in [0.25, 0.3) is 5.57 Å². The van der Waals surface area contributed by atoms with Gasteiger partial charge in [0.25, 0.3) is 10.0 Å². The summed E-state index contributed by atoms with van der Waals surface area (Å²) in [7, 11) is -4.36. The summed E-state index contributed by atoms with van der Waals surface area (Å²) in [5.74, 6) is -1.10. The number of fused-ring (bicyclic) bond motifs is 3. The molecule has 11 heteroatoms. The normalized spacial score (nSPS) is 23.8. The van der Waals surface area contributed by atoms with Crippen molar-refractivity contribution in [3.63, 3.8) is 0 Å². The molecule has 3 amide bonds. The molecule has 2 bridgehead atoms. The van der Waals surface area contributed by atoms with E-state index >= 15 is 0 Å². The maximum absolute atomic E-state index is 13.6. The minimum Gasteiger partial charge on any atom is -0.333 e. The van der Waals surface area contributed by atoms with E-state index in [1.54, 1.807) is 17.3 Å². The smallest absolute Gasteiger partial charge is 0.333 e. The van der Waals surface area contributed by atoms with Crippen LogP contribution in [-0.2, 0) is 14.8 Å². The second-order valence-electron chi connectivity index (χ2n) is 7.39. The van der Waals surface area contributed by atoms with Gasteiger partial charge in [-0.3, -0.25) is 4.79 Å². The van der Waals surface area contributed by atoms with Gasteiger partial charge in [0.15, 0.2) is 0 Å².